The Morgan fingerprint density at radius 1 is 1.38 bits per heavy atom. The lowest BCUT2D eigenvalue weighted by molar-refractivity contribution is -0.116. The first kappa shape index (κ1) is 15.8. The molecule has 4 nitrogen and oxygen atoms in total. The Bertz CT molecular complexity index is 625. The maximum atomic E-state index is 11.9. The molecular weight excluding hydrogens is 306 g/mol. The zero-order valence-corrected chi connectivity index (χ0v) is 13.2. The molecule has 112 valence electrons. The summed E-state index contributed by atoms with van der Waals surface area (Å²) in [6.07, 6.45) is 3.53. The van der Waals surface area contributed by atoms with Crippen molar-refractivity contribution in [3.8, 4) is 0 Å². The van der Waals surface area contributed by atoms with Crippen LogP contribution >= 0.6 is 23.7 Å². The minimum Gasteiger partial charge on any atom is -0.399 e. The molecule has 0 bridgehead atoms. The molecule has 0 radical (unpaired) electrons. The van der Waals surface area contributed by atoms with Crippen LogP contribution in [0.4, 0.5) is 10.8 Å². The number of rotatable bonds is 5. The van der Waals surface area contributed by atoms with Gasteiger partial charge in [-0.15, -0.1) is 23.7 Å². The number of benzene rings is 1. The highest BCUT2D eigenvalue weighted by molar-refractivity contribution is 7.13. The van der Waals surface area contributed by atoms with E-state index in [0.29, 0.717) is 23.9 Å². The number of hydrogen-bond donors (Lipinski definition) is 2. The summed E-state index contributed by atoms with van der Waals surface area (Å²) in [5.41, 5.74) is 8.74. The summed E-state index contributed by atoms with van der Waals surface area (Å²) in [4.78, 5) is 16.4. The number of carbonyl (C=O) groups is 1. The monoisotopic (exact) mass is 323 g/mol. The fraction of sp³-hybridized carbons (Fsp3) is 0.333. The summed E-state index contributed by atoms with van der Waals surface area (Å²) in [5, 5.41) is 5.61. The largest absolute Gasteiger partial charge is 0.399 e. The molecule has 1 fully saturated rings. The third-order valence-corrected chi connectivity index (χ3v) is 4.22. The van der Waals surface area contributed by atoms with E-state index in [9.17, 15) is 4.79 Å². The highest BCUT2D eigenvalue weighted by atomic mass is 35.5. The minimum atomic E-state index is -0.00931. The van der Waals surface area contributed by atoms with Gasteiger partial charge in [-0.05, 0) is 30.9 Å². The topological polar surface area (TPSA) is 68.0 Å². The zero-order valence-electron chi connectivity index (χ0n) is 11.5. The van der Waals surface area contributed by atoms with Crippen LogP contribution in [-0.4, -0.2) is 10.9 Å². The third-order valence-electron chi connectivity index (χ3n) is 3.44. The molecule has 1 amide bonds. The van der Waals surface area contributed by atoms with Crippen LogP contribution in [0.2, 0.25) is 0 Å². The smallest absolute Gasteiger partial charge is 0.226 e. The summed E-state index contributed by atoms with van der Waals surface area (Å²) in [6, 6.07) is 7.65. The number of nitrogen functional groups attached to an aromatic ring is 1. The van der Waals surface area contributed by atoms with Gasteiger partial charge in [-0.1, -0.05) is 18.2 Å². The van der Waals surface area contributed by atoms with Gasteiger partial charge >= 0.3 is 0 Å². The number of aryl methyl sites for hydroxylation is 1. The summed E-state index contributed by atoms with van der Waals surface area (Å²) in [7, 11) is 0. The van der Waals surface area contributed by atoms with Gasteiger partial charge in [0.05, 0.1) is 5.69 Å². The van der Waals surface area contributed by atoms with E-state index in [1.807, 2.05) is 29.6 Å². The molecule has 1 aliphatic rings. The Balaban J connectivity index is 0.00000161. The van der Waals surface area contributed by atoms with Crippen LogP contribution < -0.4 is 11.1 Å². The van der Waals surface area contributed by atoms with Crippen LogP contribution in [0.3, 0.4) is 0 Å². The summed E-state index contributed by atoms with van der Waals surface area (Å²) in [5.74, 6) is 0.617. The Labute approximate surface area is 134 Å². The van der Waals surface area contributed by atoms with E-state index >= 15 is 0 Å². The Kier molecular flexibility index (Phi) is 5.20. The standard InChI is InChI=1S/C15H17N3OS.ClH/c16-12-4-2-1-3-10(12)7-8-14(19)18-15-17-13(9-20-15)11-5-6-11;/h1-4,9,11H,5-8,16H2,(H,17,18,19);1H. The normalized spacial score (nSPS) is 13.5. The first-order chi connectivity index (χ1) is 9.72. The molecule has 0 saturated heterocycles. The number of amides is 1. The fourth-order valence-electron chi connectivity index (χ4n) is 2.10. The second kappa shape index (κ2) is 6.91. The van der Waals surface area contributed by atoms with E-state index in [-0.39, 0.29) is 18.3 Å². The zero-order chi connectivity index (χ0) is 13.9. The molecule has 0 aliphatic heterocycles. The maximum Gasteiger partial charge on any atom is 0.226 e. The van der Waals surface area contributed by atoms with Crippen molar-refractivity contribution in [2.45, 2.75) is 31.6 Å². The molecule has 1 saturated carbocycles. The van der Waals surface area contributed by atoms with Crippen molar-refractivity contribution < 1.29 is 4.79 Å². The number of aromatic nitrogens is 1. The van der Waals surface area contributed by atoms with Crippen LogP contribution in [-0.2, 0) is 11.2 Å². The van der Waals surface area contributed by atoms with E-state index in [1.165, 1.54) is 24.2 Å². The molecule has 2 aromatic rings. The average molecular weight is 324 g/mol. The molecule has 1 aromatic carbocycles. The number of nitrogens with zero attached hydrogens (tertiary/aromatic N) is 1. The van der Waals surface area contributed by atoms with Gasteiger partial charge in [0.25, 0.3) is 0 Å². The fourth-order valence-corrected chi connectivity index (χ4v) is 2.91. The van der Waals surface area contributed by atoms with Gasteiger partial charge in [0, 0.05) is 23.4 Å². The van der Waals surface area contributed by atoms with Gasteiger partial charge in [-0.2, -0.15) is 0 Å². The predicted octanol–water partition coefficient (Wildman–Crippen LogP) is 3.60. The van der Waals surface area contributed by atoms with Gasteiger partial charge in [0.2, 0.25) is 5.91 Å². The van der Waals surface area contributed by atoms with Crippen molar-refractivity contribution >= 4 is 40.5 Å². The van der Waals surface area contributed by atoms with Crippen molar-refractivity contribution in [3.05, 3.63) is 40.9 Å². The predicted molar refractivity (Wildman–Crippen MR) is 89.1 cm³/mol. The molecule has 1 aromatic heterocycles. The van der Waals surface area contributed by atoms with Crippen LogP contribution in [0.15, 0.2) is 29.6 Å². The van der Waals surface area contributed by atoms with Gasteiger partial charge in [0.15, 0.2) is 5.13 Å². The van der Waals surface area contributed by atoms with E-state index in [4.69, 9.17) is 5.73 Å². The molecule has 1 aliphatic carbocycles. The molecule has 6 heteroatoms. The molecule has 0 unspecified atom stereocenters. The lowest BCUT2D eigenvalue weighted by atomic mass is 10.1. The summed E-state index contributed by atoms with van der Waals surface area (Å²) in [6.45, 7) is 0. The van der Waals surface area contributed by atoms with Crippen molar-refractivity contribution in [3.63, 3.8) is 0 Å². The lowest BCUT2D eigenvalue weighted by Crippen LogP contribution is -2.12. The van der Waals surface area contributed by atoms with Gasteiger partial charge in [-0.3, -0.25) is 4.79 Å². The van der Waals surface area contributed by atoms with Crippen molar-refractivity contribution in [2.24, 2.45) is 0 Å². The van der Waals surface area contributed by atoms with E-state index in [1.54, 1.807) is 0 Å². The highest BCUT2D eigenvalue weighted by Crippen LogP contribution is 2.40. The molecular formula is C15H18ClN3OS. The van der Waals surface area contributed by atoms with E-state index in [0.717, 1.165) is 16.9 Å². The van der Waals surface area contributed by atoms with E-state index < -0.39 is 0 Å². The second-order valence-electron chi connectivity index (χ2n) is 5.10. The highest BCUT2D eigenvalue weighted by Gasteiger charge is 2.26. The number of nitrogens with one attached hydrogen (secondary N) is 1. The SMILES string of the molecule is Cl.Nc1ccccc1CCC(=O)Nc1nc(C2CC2)cs1. The average Bonchev–Trinajstić information content (AvgIpc) is 3.19. The number of anilines is 2. The molecule has 0 atom stereocenters. The van der Waals surface area contributed by atoms with Gasteiger partial charge in [-0.25, -0.2) is 4.98 Å². The summed E-state index contributed by atoms with van der Waals surface area (Å²) >= 11 is 1.50. The number of carbonyl (C=O) groups excluding carboxylic acids is 1. The van der Waals surface area contributed by atoms with Crippen LogP contribution in [0.25, 0.3) is 0 Å². The van der Waals surface area contributed by atoms with Crippen molar-refractivity contribution in [1.82, 2.24) is 4.98 Å². The first-order valence-electron chi connectivity index (χ1n) is 6.81. The number of halogens is 1. The molecule has 21 heavy (non-hydrogen) atoms. The van der Waals surface area contributed by atoms with Crippen LogP contribution in [0.5, 0.6) is 0 Å². The number of hydrogen-bond acceptors (Lipinski definition) is 4. The van der Waals surface area contributed by atoms with E-state index in [2.05, 4.69) is 10.3 Å². The Morgan fingerprint density at radius 2 is 2.14 bits per heavy atom. The number of thiazole rings is 1. The Hall–Kier alpha value is -1.59. The Morgan fingerprint density at radius 3 is 2.86 bits per heavy atom. The van der Waals surface area contributed by atoms with Gasteiger partial charge < -0.3 is 11.1 Å². The number of para-hydroxylation sites is 1. The van der Waals surface area contributed by atoms with Crippen molar-refractivity contribution in [1.29, 1.82) is 0 Å². The quantitative estimate of drug-likeness (QED) is 0.826. The first-order valence-corrected chi connectivity index (χ1v) is 7.69. The lowest BCUT2D eigenvalue weighted by Gasteiger charge is -2.05. The maximum absolute atomic E-state index is 11.9. The molecule has 1 heterocycles. The van der Waals surface area contributed by atoms with Crippen molar-refractivity contribution in [2.75, 3.05) is 11.1 Å². The van der Waals surface area contributed by atoms with Crippen LogP contribution in [0, 0.1) is 0 Å². The minimum absolute atomic E-state index is 0. The molecule has 0 spiro atoms. The van der Waals surface area contributed by atoms with Gasteiger partial charge in [0.1, 0.15) is 0 Å². The van der Waals surface area contributed by atoms with Crippen LogP contribution in [0.1, 0.15) is 36.4 Å². The molecule has 3 N–H and O–H groups in total. The summed E-state index contributed by atoms with van der Waals surface area (Å²) < 4.78 is 0. The number of nitrogens with two attached hydrogens (primary N) is 1. The second-order valence-corrected chi connectivity index (χ2v) is 5.96. The third kappa shape index (κ3) is 4.19. The molecule has 3 rings (SSSR count).